The molecule has 0 aliphatic carbocycles. The molecule has 0 amide bonds. The molecule has 28 heavy (non-hydrogen) atoms. The van der Waals surface area contributed by atoms with Crippen molar-refractivity contribution in [3.05, 3.63) is 65.2 Å². The van der Waals surface area contributed by atoms with E-state index in [-0.39, 0.29) is 0 Å². The van der Waals surface area contributed by atoms with E-state index in [1.54, 1.807) is 7.11 Å². The fraction of sp³-hybridized carbons (Fsp3) is 0.478. The Morgan fingerprint density at radius 3 is 2.61 bits per heavy atom. The Balaban J connectivity index is 1.40. The van der Waals surface area contributed by atoms with Gasteiger partial charge in [0.2, 0.25) is 0 Å². The Morgan fingerprint density at radius 1 is 1.11 bits per heavy atom. The van der Waals surface area contributed by atoms with Crippen molar-refractivity contribution in [1.82, 2.24) is 9.80 Å². The van der Waals surface area contributed by atoms with Crippen LogP contribution in [0.1, 0.15) is 16.7 Å². The molecule has 1 aliphatic heterocycles. The van der Waals surface area contributed by atoms with Gasteiger partial charge in [-0.3, -0.25) is 9.80 Å². The average molecular weight is 385 g/mol. The van der Waals surface area contributed by atoms with Gasteiger partial charge in [-0.15, -0.1) is 0 Å². The SMILES string of the molecule is COCCN(C)Cc1ccc(OCC(O)CN2CCc3ccccc3C2)cc1. The molecule has 0 saturated carbocycles. The van der Waals surface area contributed by atoms with E-state index in [0.29, 0.717) is 13.2 Å². The van der Waals surface area contributed by atoms with Gasteiger partial charge in [-0.05, 0) is 42.3 Å². The average Bonchev–Trinajstić information content (AvgIpc) is 2.71. The summed E-state index contributed by atoms with van der Waals surface area (Å²) in [5.74, 6) is 0.798. The first-order valence-electron chi connectivity index (χ1n) is 10.0. The van der Waals surface area contributed by atoms with E-state index in [1.165, 1.54) is 16.7 Å². The lowest BCUT2D eigenvalue weighted by molar-refractivity contribution is 0.0638. The highest BCUT2D eigenvalue weighted by atomic mass is 16.5. The van der Waals surface area contributed by atoms with Crippen LogP contribution < -0.4 is 4.74 Å². The third kappa shape index (κ3) is 6.31. The first-order chi connectivity index (χ1) is 13.6. The summed E-state index contributed by atoms with van der Waals surface area (Å²) in [5, 5.41) is 10.4. The zero-order valence-electron chi connectivity index (χ0n) is 17.0. The lowest BCUT2D eigenvalue weighted by Crippen LogP contribution is -2.38. The number of benzene rings is 2. The minimum atomic E-state index is -0.495. The van der Waals surface area contributed by atoms with Gasteiger partial charge in [0.25, 0.3) is 0 Å². The lowest BCUT2D eigenvalue weighted by atomic mass is 10.00. The minimum Gasteiger partial charge on any atom is -0.491 e. The summed E-state index contributed by atoms with van der Waals surface area (Å²) in [4.78, 5) is 4.52. The van der Waals surface area contributed by atoms with E-state index < -0.39 is 6.10 Å². The number of hydrogen-bond acceptors (Lipinski definition) is 5. The van der Waals surface area contributed by atoms with Crippen LogP contribution in [-0.4, -0.2) is 68.0 Å². The molecule has 152 valence electrons. The van der Waals surface area contributed by atoms with Crippen molar-refractivity contribution < 1.29 is 14.6 Å². The number of rotatable bonds is 10. The van der Waals surface area contributed by atoms with Crippen LogP contribution in [0, 0.1) is 0 Å². The summed E-state index contributed by atoms with van der Waals surface area (Å²) in [7, 11) is 3.80. The number of nitrogens with zero attached hydrogens (tertiary/aromatic N) is 2. The van der Waals surface area contributed by atoms with Gasteiger partial charge < -0.3 is 14.6 Å². The Hall–Kier alpha value is -1.92. The molecule has 1 atom stereocenters. The van der Waals surface area contributed by atoms with E-state index >= 15 is 0 Å². The maximum Gasteiger partial charge on any atom is 0.119 e. The van der Waals surface area contributed by atoms with Gasteiger partial charge in [-0.1, -0.05) is 36.4 Å². The number of likely N-dealkylation sites (N-methyl/N-ethyl adjacent to an activating group) is 1. The van der Waals surface area contributed by atoms with Gasteiger partial charge >= 0.3 is 0 Å². The Labute approximate surface area is 168 Å². The van der Waals surface area contributed by atoms with Crippen molar-refractivity contribution in [1.29, 1.82) is 0 Å². The van der Waals surface area contributed by atoms with E-state index in [2.05, 4.69) is 53.2 Å². The number of aliphatic hydroxyl groups excluding tert-OH is 1. The molecule has 2 aromatic carbocycles. The molecule has 0 fully saturated rings. The molecule has 0 spiro atoms. The molecule has 0 saturated heterocycles. The summed E-state index contributed by atoms with van der Waals surface area (Å²) in [6.45, 7) is 5.35. The first kappa shape index (κ1) is 20.8. The summed E-state index contributed by atoms with van der Waals surface area (Å²) >= 11 is 0. The van der Waals surface area contributed by atoms with E-state index in [0.717, 1.165) is 45.0 Å². The minimum absolute atomic E-state index is 0.311. The highest BCUT2D eigenvalue weighted by Gasteiger charge is 2.18. The van der Waals surface area contributed by atoms with Gasteiger partial charge in [0.05, 0.1) is 6.61 Å². The van der Waals surface area contributed by atoms with Gasteiger partial charge in [-0.25, -0.2) is 0 Å². The van der Waals surface area contributed by atoms with Crippen LogP contribution in [-0.2, 0) is 24.2 Å². The smallest absolute Gasteiger partial charge is 0.119 e. The van der Waals surface area contributed by atoms with Crippen molar-refractivity contribution in [3.63, 3.8) is 0 Å². The number of hydrogen-bond donors (Lipinski definition) is 1. The molecular formula is C23H32N2O3. The summed E-state index contributed by atoms with van der Waals surface area (Å²) in [6, 6.07) is 16.7. The molecule has 0 radical (unpaired) electrons. The van der Waals surface area contributed by atoms with E-state index in [9.17, 15) is 5.11 Å². The van der Waals surface area contributed by atoms with Gasteiger partial charge in [0.1, 0.15) is 18.5 Å². The highest BCUT2D eigenvalue weighted by molar-refractivity contribution is 5.29. The maximum atomic E-state index is 10.4. The molecule has 1 N–H and O–H groups in total. The summed E-state index contributed by atoms with van der Waals surface area (Å²) < 4.78 is 10.9. The van der Waals surface area contributed by atoms with Crippen LogP contribution in [0.5, 0.6) is 5.75 Å². The standard InChI is InChI=1S/C23H32N2O3/c1-24(13-14-27-2)15-19-7-9-23(10-8-19)28-18-22(26)17-25-12-11-20-5-3-4-6-21(20)16-25/h3-10,22,26H,11-18H2,1-2H3. The molecule has 1 aliphatic rings. The van der Waals surface area contributed by atoms with Crippen LogP contribution in [0.2, 0.25) is 0 Å². The highest BCUT2D eigenvalue weighted by Crippen LogP contribution is 2.19. The van der Waals surface area contributed by atoms with Crippen LogP contribution in [0.4, 0.5) is 0 Å². The summed E-state index contributed by atoms with van der Waals surface area (Å²) in [6.07, 6.45) is 0.550. The second-order valence-corrected chi connectivity index (χ2v) is 7.59. The molecule has 3 rings (SSSR count). The van der Waals surface area contributed by atoms with Crippen molar-refractivity contribution >= 4 is 0 Å². The number of methoxy groups -OCH3 is 1. The number of ether oxygens (including phenoxy) is 2. The third-order valence-electron chi connectivity index (χ3n) is 5.17. The van der Waals surface area contributed by atoms with Crippen LogP contribution in [0.25, 0.3) is 0 Å². The fourth-order valence-electron chi connectivity index (χ4n) is 3.58. The molecule has 0 bridgehead atoms. The quantitative estimate of drug-likeness (QED) is 0.682. The molecule has 0 aromatic heterocycles. The number of fused-ring (bicyclic) bond motifs is 1. The second-order valence-electron chi connectivity index (χ2n) is 7.59. The van der Waals surface area contributed by atoms with Crippen LogP contribution in [0.15, 0.2) is 48.5 Å². The monoisotopic (exact) mass is 384 g/mol. The molecule has 1 heterocycles. The van der Waals surface area contributed by atoms with Crippen LogP contribution >= 0.6 is 0 Å². The lowest BCUT2D eigenvalue weighted by Gasteiger charge is -2.30. The van der Waals surface area contributed by atoms with Crippen molar-refractivity contribution in [2.45, 2.75) is 25.6 Å². The third-order valence-corrected chi connectivity index (χ3v) is 5.17. The Morgan fingerprint density at radius 2 is 1.86 bits per heavy atom. The molecule has 2 aromatic rings. The normalized spacial score (nSPS) is 15.4. The van der Waals surface area contributed by atoms with Gasteiger partial charge in [0.15, 0.2) is 0 Å². The van der Waals surface area contributed by atoms with Crippen molar-refractivity contribution in [2.24, 2.45) is 0 Å². The summed E-state index contributed by atoms with van der Waals surface area (Å²) in [5.41, 5.74) is 4.03. The fourth-order valence-corrected chi connectivity index (χ4v) is 3.58. The predicted octanol–water partition coefficient (Wildman–Crippen LogP) is 2.56. The topological polar surface area (TPSA) is 45.2 Å². The zero-order valence-corrected chi connectivity index (χ0v) is 17.0. The van der Waals surface area contributed by atoms with E-state index in [4.69, 9.17) is 9.47 Å². The van der Waals surface area contributed by atoms with Crippen molar-refractivity contribution in [3.8, 4) is 5.75 Å². The molecular weight excluding hydrogens is 352 g/mol. The molecule has 1 unspecified atom stereocenters. The Bertz CT molecular complexity index is 720. The van der Waals surface area contributed by atoms with E-state index in [1.807, 2.05) is 12.1 Å². The van der Waals surface area contributed by atoms with Gasteiger partial charge in [-0.2, -0.15) is 0 Å². The second kappa shape index (κ2) is 10.6. The van der Waals surface area contributed by atoms with Crippen LogP contribution in [0.3, 0.4) is 0 Å². The van der Waals surface area contributed by atoms with Gasteiger partial charge in [0, 0.05) is 39.8 Å². The van der Waals surface area contributed by atoms with Crippen molar-refractivity contribution in [2.75, 3.05) is 47.0 Å². The zero-order chi connectivity index (χ0) is 19.8. The molecule has 5 nitrogen and oxygen atoms in total. The first-order valence-corrected chi connectivity index (χ1v) is 10.0. The number of β-amino-alcohol motifs (C(OH)–C–C–N with tert-alkyl or cyclic N) is 1. The Kier molecular flexibility index (Phi) is 7.86. The number of aliphatic hydroxyl groups is 1. The largest absolute Gasteiger partial charge is 0.491 e. The molecule has 5 heteroatoms. The predicted molar refractivity (Wildman–Crippen MR) is 112 cm³/mol. The maximum absolute atomic E-state index is 10.4.